The van der Waals surface area contributed by atoms with E-state index in [2.05, 4.69) is 30.6 Å². The van der Waals surface area contributed by atoms with Crippen molar-refractivity contribution in [3.63, 3.8) is 0 Å². The van der Waals surface area contributed by atoms with Crippen LogP contribution in [0.4, 0.5) is 26.0 Å². The molecule has 35 heavy (non-hydrogen) atoms. The van der Waals surface area contributed by atoms with E-state index in [0.29, 0.717) is 28.3 Å². The first-order chi connectivity index (χ1) is 16.4. The normalized spacial score (nSPS) is 16.9. The first-order valence-electron chi connectivity index (χ1n) is 10.6. The molecule has 1 atom stereocenters. The van der Waals surface area contributed by atoms with Gasteiger partial charge in [0.2, 0.25) is 5.91 Å². The van der Waals surface area contributed by atoms with Gasteiger partial charge in [-0.2, -0.15) is 0 Å². The fourth-order valence-electron chi connectivity index (χ4n) is 3.78. The molecule has 1 amide bonds. The Labute approximate surface area is 198 Å². The maximum absolute atomic E-state index is 13.3. The number of carbonyl (C=O) groups is 1. The summed E-state index contributed by atoms with van der Waals surface area (Å²) in [5.41, 5.74) is 2.57. The highest BCUT2D eigenvalue weighted by atomic mass is 32.2. The van der Waals surface area contributed by atoms with Crippen molar-refractivity contribution in [2.75, 3.05) is 16.9 Å². The number of hydrogen-bond donors (Lipinski definition) is 3. The maximum atomic E-state index is 13.3. The van der Waals surface area contributed by atoms with Crippen LogP contribution in [-0.4, -0.2) is 51.0 Å². The third-order valence-electron chi connectivity index (χ3n) is 5.62. The molecule has 0 radical (unpaired) electrons. The Hall–Kier alpha value is -3.87. The molecule has 3 aromatic heterocycles. The van der Waals surface area contributed by atoms with Crippen molar-refractivity contribution in [3.8, 4) is 11.3 Å². The molecular weight excluding hydrogens is 480 g/mol. The summed E-state index contributed by atoms with van der Waals surface area (Å²) in [6.45, 7) is 1.71. The minimum atomic E-state index is -3.66. The number of fused-ring (bicyclic) bond motifs is 1. The summed E-state index contributed by atoms with van der Waals surface area (Å²) in [6.07, 6.45) is 3.98. The molecule has 0 unspecified atom stereocenters. The number of amides is 1. The summed E-state index contributed by atoms with van der Waals surface area (Å²) in [4.78, 5) is 28.0. The molecule has 182 valence electrons. The number of benzene rings is 1. The summed E-state index contributed by atoms with van der Waals surface area (Å²) in [6, 6.07) is 6.30. The lowest BCUT2D eigenvalue weighted by atomic mass is 10.1. The molecule has 3 N–H and O–H groups in total. The van der Waals surface area contributed by atoms with Crippen LogP contribution in [0.25, 0.3) is 22.4 Å². The minimum Gasteiger partial charge on any atom is -0.353 e. The van der Waals surface area contributed by atoms with Crippen LogP contribution in [0.1, 0.15) is 12.2 Å². The lowest BCUT2D eigenvalue weighted by Gasteiger charge is -2.14. The molecule has 10 nitrogen and oxygen atoms in total. The van der Waals surface area contributed by atoms with E-state index in [4.69, 9.17) is 0 Å². The van der Waals surface area contributed by atoms with Crippen LogP contribution in [0.15, 0.2) is 41.7 Å². The summed E-state index contributed by atoms with van der Waals surface area (Å²) in [7, 11) is -1.85. The van der Waals surface area contributed by atoms with Crippen molar-refractivity contribution in [1.29, 1.82) is 0 Å². The topological polar surface area (TPSA) is 135 Å². The number of aromatic nitrogens is 5. The van der Waals surface area contributed by atoms with E-state index in [9.17, 15) is 22.0 Å². The van der Waals surface area contributed by atoms with Crippen LogP contribution in [0.2, 0.25) is 0 Å². The van der Waals surface area contributed by atoms with Gasteiger partial charge >= 0.3 is 0 Å². The molecule has 4 aromatic rings. The van der Waals surface area contributed by atoms with Crippen LogP contribution < -0.4 is 10.6 Å². The quantitative estimate of drug-likeness (QED) is 0.369. The van der Waals surface area contributed by atoms with Crippen LogP contribution in [-0.2, 0) is 21.7 Å². The van der Waals surface area contributed by atoms with Crippen LogP contribution in [0.3, 0.4) is 0 Å². The zero-order chi connectivity index (χ0) is 25.1. The Morgan fingerprint density at radius 3 is 2.60 bits per heavy atom. The van der Waals surface area contributed by atoms with Gasteiger partial charge in [0.15, 0.2) is 15.5 Å². The lowest BCUT2D eigenvalue weighted by molar-refractivity contribution is -0.119. The molecule has 0 aliphatic heterocycles. The highest BCUT2D eigenvalue weighted by Crippen LogP contribution is 2.49. The highest BCUT2D eigenvalue weighted by molar-refractivity contribution is 7.90. The Kier molecular flexibility index (Phi) is 5.13. The molecule has 1 aliphatic rings. The van der Waals surface area contributed by atoms with Crippen LogP contribution in [0, 0.1) is 12.8 Å². The number of aryl methyl sites for hydroxylation is 2. The molecule has 3 heterocycles. The molecule has 5 rings (SSSR count). The third-order valence-corrected chi connectivity index (χ3v) is 6.76. The summed E-state index contributed by atoms with van der Waals surface area (Å²) in [5, 5.41) is 5.49. The number of pyridine rings is 1. The Bertz CT molecular complexity index is 1590. The van der Waals surface area contributed by atoms with Gasteiger partial charge in [-0.1, -0.05) is 6.07 Å². The maximum Gasteiger partial charge on any atom is 0.260 e. The molecule has 0 bridgehead atoms. The highest BCUT2D eigenvalue weighted by Gasteiger charge is 2.61. The van der Waals surface area contributed by atoms with Crippen molar-refractivity contribution >= 4 is 44.1 Å². The molecule has 1 aliphatic carbocycles. The number of H-pyrrole nitrogens is 1. The van der Waals surface area contributed by atoms with Gasteiger partial charge < -0.3 is 20.2 Å². The van der Waals surface area contributed by atoms with E-state index in [1.165, 1.54) is 12.1 Å². The number of rotatable bonds is 6. The fraction of sp³-hybridized carbons (Fsp3) is 0.273. The van der Waals surface area contributed by atoms with E-state index < -0.39 is 34.0 Å². The van der Waals surface area contributed by atoms with Crippen molar-refractivity contribution in [2.45, 2.75) is 24.2 Å². The van der Waals surface area contributed by atoms with E-state index in [1.807, 2.05) is 7.05 Å². The zero-order valence-electron chi connectivity index (χ0n) is 18.9. The van der Waals surface area contributed by atoms with Gasteiger partial charge in [0.25, 0.3) is 5.92 Å². The summed E-state index contributed by atoms with van der Waals surface area (Å²) >= 11 is 0. The SMILES string of the molecule is Cc1nc2nc(NC(=O)[C@H]3CC3(F)F)cc(Nc3ccc(-c4cn(C)cn4)cc3S(C)(=O)=O)c2[nH]1. The Morgan fingerprint density at radius 1 is 1.23 bits per heavy atom. The van der Waals surface area contributed by atoms with Crippen LogP contribution >= 0.6 is 0 Å². The fourth-order valence-corrected chi connectivity index (χ4v) is 4.64. The average Bonchev–Trinajstić information content (AvgIpc) is 3.06. The Balaban J connectivity index is 1.55. The molecule has 13 heteroatoms. The largest absolute Gasteiger partial charge is 0.353 e. The molecule has 0 saturated heterocycles. The number of carbonyl (C=O) groups excluding carboxylic acids is 1. The second-order valence-corrected chi connectivity index (χ2v) is 10.6. The van der Waals surface area contributed by atoms with E-state index in [0.717, 1.165) is 6.26 Å². The minimum absolute atomic E-state index is 0.0187. The first kappa shape index (κ1) is 22.9. The molecule has 0 spiro atoms. The van der Waals surface area contributed by atoms with E-state index in [-0.39, 0.29) is 22.0 Å². The molecule has 1 fully saturated rings. The van der Waals surface area contributed by atoms with Gasteiger partial charge in [-0.3, -0.25) is 4.79 Å². The van der Waals surface area contributed by atoms with Crippen molar-refractivity contribution < 1.29 is 22.0 Å². The summed E-state index contributed by atoms with van der Waals surface area (Å²) < 4.78 is 53.6. The van der Waals surface area contributed by atoms with Gasteiger partial charge in [-0.25, -0.2) is 32.2 Å². The number of anilines is 3. The van der Waals surface area contributed by atoms with E-state index in [1.54, 1.807) is 36.1 Å². The lowest BCUT2D eigenvalue weighted by Crippen LogP contribution is -2.18. The van der Waals surface area contributed by atoms with Gasteiger partial charge in [-0.15, -0.1) is 0 Å². The van der Waals surface area contributed by atoms with E-state index >= 15 is 0 Å². The summed E-state index contributed by atoms with van der Waals surface area (Å²) in [5.74, 6) is -4.70. The smallest absolute Gasteiger partial charge is 0.260 e. The first-order valence-corrected chi connectivity index (χ1v) is 12.5. The number of hydrogen-bond acceptors (Lipinski definition) is 7. The number of alkyl halides is 2. The average molecular weight is 502 g/mol. The van der Waals surface area contributed by atoms with Crippen molar-refractivity contribution in [2.24, 2.45) is 13.0 Å². The third kappa shape index (κ3) is 4.46. The number of nitrogens with zero attached hydrogens (tertiary/aromatic N) is 4. The van der Waals surface area contributed by atoms with Gasteiger partial charge in [0.1, 0.15) is 23.1 Å². The van der Waals surface area contributed by atoms with Crippen LogP contribution in [0.5, 0.6) is 0 Å². The van der Waals surface area contributed by atoms with Crippen molar-refractivity contribution in [3.05, 3.63) is 42.6 Å². The van der Waals surface area contributed by atoms with Gasteiger partial charge in [0, 0.05) is 37.6 Å². The zero-order valence-corrected chi connectivity index (χ0v) is 19.7. The monoisotopic (exact) mass is 501 g/mol. The number of nitrogens with one attached hydrogen (secondary N) is 3. The number of aromatic amines is 1. The standard InChI is InChI=1S/C22H21F2N7O3S/c1-11-26-19-15(7-18(29-20(19)27-11)30-21(32)13-8-22(13,23)24)28-14-5-4-12(6-17(14)35(3,33)34)16-9-31(2)10-25-16/h4-7,9-10,13H,8H2,1-3H3,(H3,26,27,28,29,30,32)/t13-/m1/s1. The van der Waals surface area contributed by atoms with Gasteiger partial charge in [-0.05, 0) is 19.1 Å². The second-order valence-electron chi connectivity index (χ2n) is 8.62. The molecule has 1 saturated carbocycles. The predicted octanol–water partition coefficient (Wildman–Crippen LogP) is 3.41. The Morgan fingerprint density at radius 2 is 1.97 bits per heavy atom. The second kappa shape index (κ2) is 7.83. The number of imidazole rings is 2. The van der Waals surface area contributed by atoms with Crippen molar-refractivity contribution in [1.82, 2.24) is 24.5 Å². The predicted molar refractivity (Wildman–Crippen MR) is 125 cm³/mol. The number of sulfone groups is 1. The van der Waals surface area contributed by atoms with Gasteiger partial charge in [0.05, 0.1) is 28.3 Å². The number of halogens is 2. The molecule has 1 aromatic carbocycles. The molecular formula is C22H21F2N7O3S.